The Bertz CT molecular complexity index is 572. The number of rotatable bonds is 7. The largest absolute Gasteiger partial charge is 0.459 e. The van der Waals surface area contributed by atoms with Gasteiger partial charge in [0.05, 0.1) is 13.2 Å². The molecule has 0 aromatic carbocycles. The molecule has 1 aromatic heterocycles. The number of hydrogen-bond donors (Lipinski definition) is 0. The number of hydrogen-bond acceptors (Lipinski definition) is 5. The van der Waals surface area contributed by atoms with Gasteiger partial charge in [-0.1, -0.05) is 0 Å². The highest BCUT2D eigenvalue weighted by atomic mass is 35.7. The molecule has 114 valence electrons. The summed E-state index contributed by atoms with van der Waals surface area (Å²) in [6.45, 7) is -0.804. The first-order chi connectivity index (χ1) is 9.25. The van der Waals surface area contributed by atoms with Crippen LogP contribution in [-0.2, 0) is 25.1 Å². The molecular formula is C10H12ClF2NO5S. The molecule has 0 spiro atoms. The van der Waals surface area contributed by atoms with Crippen LogP contribution in [0.1, 0.15) is 10.5 Å². The molecule has 0 aliphatic heterocycles. The Labute approximate surface area is 118 Å². The van der Waals surface area contributed by atoms with Gasteiger partial charge >= 0.3 is 5.97 Å². The molecule has 0 fully saturated rings. The molecule has 0 aliphatic carbocycles. The Balaban J connectivity index is 3.02. The van der Waals surface area contributed by atoms with Gasteiger partial charge in [0.1, 0.15) is 17.2 Å². The summed E-state index contributed by atoms with van der Waals surface area (Å²) in [5.41, 5.74) is -0.319. The molecule has 0 bridgehead atoms. The lowest BCUT2D eigenvalue weighted by Gasteiger charge is -2.08. The summed E-state index contributed by atoms with van der Waals surface area (Å²) in [5, 5.41) is 0. The molecule has 0 saturated heterocycles. The van der Waals surface area contributed by atoms with Crippen LogP contribution in [0, 0.1) is 0 Å². The van der Waals surface area contributed by atoms with Crippen LogP contribution in [0.15, 0.2) is 17.2 Å². The molecule has 0 unspecified atom stereocenters. The molecule has 0 amide bonds. The third kappa shape index (κ3) is 4.73. The van der Waals surface area contributed by atoms with Gasteiger partial charge in [0, 0.05) is 24.0 Å². The van der Waals surface area contributed by atoms with Crippen molar-refractivity contribution < 1.29 is 31.5 Å². The van der Waals surface area contributed by atoms with Gasteiger partial charge in [-0.15, -0.1) is 0 Å². The van der Waals surface area contributed by atoms with Crippen molar-refractivity contribution in [1.82, 2.24) is 4.57 Å². The number of halogens is 3. The number of aromatic nitrogens is 1. The third-order valence-electron chi connectivity index (χ3n) is 2.22. The molecule has 20 heavy (non-hydrogen) atoms. The van der Waals surface area contributed by atoms with Crippen molar-refractivity contribution in [1.29, 1.82) is 0 Å². The molecule has 0 aliphatic rings. The van der Waals surface area contributed by atoms with E-state index in [0.717, 1.165) is 16.8 Å². The molecule has 10 heteroatoms. The molecule has 1 rings (SSSR count). The lowest BCUT2D eigenvalue weighted by atomic mass is 10.4. The van der Waals surface area contributed by atoms with Crippen LogP contribution in [0.25, 0.3) is 0 Å². The van der Waals surface area contributed by atoms with E-state index in [-0.39, 0.29) is 18.9 Å². The van der Waals surface area contributed by atoms with E-state index in [1.165, 1.54) is 7.11 Å². The van der Waals surface area contributed by atoms with Gasteiger partial charge in [-0.25, -0.2) is 22.0 Å². The topological polar surface area (TPSA) is 74.6 Å². The zero-order valence-corrected chi connectivity index (χ0v) is 12.0. The Hall–Kier alpha value is -1.19. The summed E-state index contributed by atoms with van der Waals surface area (Å²) in [7, 11) is 2.38. The van der Waals surface area contributed by atoms with Crippen LogP contribution < -0.4 is 0 Å². The highest BCUT2D eigenvalue weighted by Crippen LogP contribution is 2.20. The van der Waals surface area contributed by atoms with E-state index in [0.29, 0.717) is 0 Å². The second-order valence-corrected chi connectivity index (χ2v) is 6.24. The lowest BCUT2D eigenvalue weighted by molar-refractivity contribution is 0.0371. The minimum atomic E-state index is -4.12. The van der Waals surface area contributed by atoms with Gasteiger partial charge in [-0.05, 0) is 6.07 Å². The quantitative estimate of drug-likeness (QED) is 0.430. The summed E-state index contributed by atoms with van der Waals surface area (Å²) in [5.74, 6) is -0.936. The fourth-order valence-electron chi connectivity index (χ4n) is 1.38. The molecule has 1 aromatic rings. The Morgan fingerprint density at radius 3 is 2.60 bits per heavy atom. The van der Waals surface area contributed by atoms with Gasteiger partial charge < -0.3 is 14.0 Å². The van der Waals surface area contributed by atoms with Crippen LogP contribution in [-0.4, -0.2) is 45.7 Å². The standard InChI is InChI=1S/C10H12ClF2NO5S/c1-18-2-3-19-10(15)8-4-7(20(11,16)17)5-14(8)6-9(12)13/h4-5,9H,2-3,6H2,1H3. The monoisotopic (exact) mass is 331 g/mol. The van der Waals surface area contributed by atoms with Gasteiger partial charge in [0.15, 0.2) is 0 Å². The smallest absolute Gasteiger partial charge is 0.355 e. The van der Waals surface area contributed by atoms with E-state index >= 15 is 0 Å². The maximum Gasteiger partial charge on any atom is 0.355 e. The van der Waals surface area contributed by atoms with Gasteiger partial charge in [0.25, 0.3) is 15.5 Å². The number of carbonyl (C=O) groups is 1. The second-order valence-electron chi connectivity index (χ2n) is 3.67. The number of nitrogens with zero attached hydrogens (tertiary/aromatic N) is 1. The van der Waals surface area contributed by atoms with Crippen LogP contribution in [0.2, 0.25) is 0 Å². The lowest BCUT2D eigenvalue weighted by Crippen LogP contribution is -2.16. The highest BCUT2D eigenvalue weighted by Gasteiger charge is 2.22. The summed E-state index contributed by atoms with van der Waals surface area (Å²) in [6.07, 6.45) is -1.90. The van der Waals surface area contributed by atoms with Crippen molar-refractivity contribution in [3.8, 4) is 0 Å². The van der Waals surface area contributed by atoms with Crippen molar-refractivity contribution >= 4 is 25.7 Å². The first kappa shape index (κ1) is 16.9. The minimum Gasteiger partial charge on any atom is -0.459 e. The van der Waals surface area contributed by atoms with Crippen molar-refractivity contribution in [2.45, 2.75) is 17.9 Å². The van der Waals surface area contributed by atoms with Crippen molar-refractivity contribution in [3.05, 3.63) is 18.0 Å². The van der Waals surface area contributed by atoms with E-state index in [2.05, 4.69) is 4.74 Å². The first-order valence-electron chi connectivity index (χ1n) is 5.34. The van der Waals surface area contributed by atoms with E-state index < -0.39 is 32.9 Å². The van der Waals surface area contributed by atoms with E-state index in [9.17, 15) is 22.0 Å². The summed E-state index contributed by atoms with van der Waals surface area (Å²) in [6, 6.07) is 0.889. The molecule has 0 radical (unpaired) electrons. The molecule has 1 heterocycles. The maximum atomic E-state index is 12.4. The van der Waals surface area contributed by atoms with Crippen molar-refractivity contribution in [2.75, 3.05) is 20.3 Å². The van der Waals surface area contributed by atoms with E-state index in [4.69, 9.17) is 15.4 Å². The molecular weight excluding hydrogens is 320 g/mol. The summed E-state index contributed by atoms with van der Waals surface area (Å²) >= 11 is 0. The number of alkyl halides is 2. The molecule has 0 N–H and O–H groups in total. The predicted molar refractivity (Wildman–Crippen MR) is 65.6 cm³/mol. The SMILES string of the molecule is COCCOC(=O)c1cc(S(=O)(=O)Cl)cn1CC(F)F. The second kappa shape index (κ2) is 7.00. The Morgan fingerprint density at radius 2 is 2.10 bits per heavy atom. The van der Waals surface area contributed by atoms with E-state index in [1.54, 1.807) is 0 Å². The Kier molecular flexibility index (Phi) is 5.90. The highest BCUT2D eigenvalue weighted by molar-refractivity contribution is 8.13. The van der Waals surface area contributed by atoms with Crippen LogP contribution in [0.5, 0.6) is 0 Å². The number of ether oxygens (including phenoxy) is 2. The average Bonchev–Trinajstić information content (AvgIpc) is 2.72. The molecule has 0 atom stereocenters. The van der Waals surface area contributed by atoms with Gasteiger partial charge in [-0.2, -0.15) is 0 Å². The number of carbonyl (C=O) groups excluding carboxylic acids is 1. The summed E-state index contributed by atoms with van der Waals surface area (Å²) in [4.78, 5) is 11.2. The fraction of sp³-hybridized carbons (Fsp3) is 0.500. The first-order valence-corrected chi connectivity index (χ1v) is 7.65. The van der Waals surface area contributed by atoms with Crippen molar-refractivity contribution in [2.24, 2.45) is 0 Å². The average molecular weight is 332 g/mol. The third-order valence-corrected chi connectivity index (χ3v) is 3.54. The van der Waals surface area contributed by atoms with Crippen LogP contribution >= 0.6 is 10.7 Å². The van der Waals surface area contributed by atoms with E-state index in [1.807, 2.05) is 0 Å². The molecule has 6 nitrogen and oxygen atoms in total. The zero-order valence-electron chi connectivity index (χ0n) is 10.4. The van der Waals surface area contributed by atoms with Gasteiger partial charge in [-0.3, -0.25) is 0 Å². The normalized spacial score (nSPS) is 11.8. The minimum absolute atomic E-state index is 0.0852. The maximum absolute atomic E-state index is 12.4. The van der Waals surface area contributed by atoms with Crippen molar-refractivity contribution in [3.63, 3.8) is 0 Å². The molecule has 0 saturated carbocycles. The van der Waals surface area contributed by atoms with Crippen LogP contribution in [0.3, 0.4) is 0 Å². The number of methoxy groups -OCH3 is 1. The fourth-order valence-corrected chi connectivity index (χ4v) is 2.14. The Morgan fingerprint density at radius 1 is 1.45 bits per heavy atom. The number of esters is 1. The predicted octanol–water partition coefficient (Wildman–Crippen LogP) is 1.48. The van der Waals surface area contributed by atoms with Crippen LogP contribution in [0.4, 0.5) is 8.78 Å². The summed E-state index contributed by atoms with van der Waals surface area (Å²) < 4.78 is 57.3. The van der Waals surface area contributed by atoms with Gasteiger partial charge in [0.2, 0.25) is 0 Å². The zero-order chi connectivity index (χ0) is 15.3.